The molecule has 0 aliphatic heterocycles. The van der Waals surface area contributed by atoms with Crippen LogP contribution in [0.2, 0.25) is 0 Å². The van der Waals surface area contributed by atoms with E-state index in [1.54, 1.807) is 12.1 Å². The third-order valence-electron chi connectivity index (χ3n) is 5.84. The summed E-state index contributed by atoms with van der Waals surface area (Å²) < 4.78 is 5.10. The van der Waals surface area contributed by atoms with Crippen LogP contribution < -0.4 is 0 Å². The molecule has 0 spiro atoms. The zero-order chi connectivity index (χ0) is 19.4. The fourth-order valence-corrected chi connectivity index (χ4v) is 4.60. The summed E-state index contributed by atoms with van der Waals surface area (Å²) in [6.07, 6.45) is 1.68. The summed E-state index contributed by atoms with van der Waals surface area (Å²) in [5.74, 6) is -1.43. The molecule has 5 rings (SSSR count). The average molecular weight is 374 g/mol. The van der Waals surface area contributed by atoms with Crippen molar-refractivity contribution < 1.29 is 24.5 Å². The maximum absolute atomic E-state index is 11.4. The molecule has 28 heavy (non-hydrogen) atoms. The van der Waals surface area contributed by atoms with Gasteiger partial charge >= 0.3 is 5.97 Å². The van der Waals surface area contributed by atoms with Gasteiger partial charge in [-0.2, -0.15) is 0 Å². The molecular formula is C23H18O5. The molecule has 0 saturated heterocycles. The van der Waals surface area contributed by atoms with Crippen molar-refractivity contribution in [3.63, 3.8) is 0 Å². The predicted octanol–water partition coefficient (Wildman–Crippen LogP) is 4.75. The number of hydrogen-bond donors (Lipinski definition) is 3. The molecule has 1 aliphatic rings. The summed E-state index contributed by atoms with van der Waals surface area (Å²) in [4.78, 5) is 11.4. The summed E-state index contributed by atoms with van der Waals surface area (Å²) in [6, 6.07) is 15.1. The number of aliphatic hydroxyl groups excluding tert-OH is 1. The normalized spacial score (nSPS) is 19.0. The number of carboxylic acids is 1. The molecule has 1 heterocycles. The Bertz CT molecular complexity index is 1240. The molecule has 0 amide bonds. The predicted molar refractivity (Wildman–Crippen MR) is 105 cm³/mol. The molecule has 5 nitrogen and oxygen atoms in total. The van der Waals surface area contributed by atoms with E-state index < -0.39 is 12.1 Å². The van der Waals surface area contributed by atoms with Crippen molar-refractivity contribution in [2.24, 2.45) is 0 Å². The number of carbonyl (C=O) groups is 1. The number of aliphatic hydroxyl groups is 1. The Hall–Kier alpha value is -3.31. The number of furan rings is 1. The molecule has 0 saturated carbocycles. The number of aromatic hydroxyl groups is 1. The van der Waals surface area contributed by atoms with E-state index in [2.05, 4.69) is 0 Å². The number of phenols is 1. The minimum Gasteiger partial charge on any atom is -0.507 e. The highest BCUT2D eigenvalue weighted by Crippen LogP contribution is 2.46. The van der Waals surface area contributed by atoms with Gasteiger partial charge in [0.05, 0.1) is 12.4 Å². The number of rotatable bonds is 2. The average Bonchev–Trinajstić information content (AvgIpc) is 3.18. The largest absolute Gasteiger partial charge is 0.507 e. The second-order valence-electron chi connectivity index (χ2n) is 7.27. The van der Waals surface area contributed by atoms with Gasteiger partial charge in [0.25, 0.3) is 0 Å². The first-order valence-corrected chi connectivity index (χ1v) is 9.21. The van der Waals surface area contributed by atoms with Crippen LogP contribution in [0, 0.1) is 0 Å². The van der Waals surface area contributed by atoms with Crippen LogP contribution in [0.3, 0.4) is 0 Å². The van der Waals surface area contributed by atoms with Crippen molar-refractivity contribution in [2.45, 2.75) is 24.9 Å². The van der Waals surface area contributed by atoms with Crippen molar-refractivity contribution in [3.05, 3.63) is 77.2 Å². The molecule has 3 N–H and O–H groups in total. The molecule has 2 unspecified atom stereocenters. The number of aryl methyl sites for hydroxylation is 1. The van der Waals surface area contributed by atoms with E-state index in [0.717, 1.165) is 32.7 Å². The molecule has 0 fully saturated rings. The van der Waals surface area contributed by atoms with Crippen LogP contribution in [-0.4, -0.2) is 21.3 Å². The number of carboxylic acid groups (broad SMARTS) is 1. The van der Waals surface area contributed by atoms with Crippen molar-refractivity contribution in [3.8, 4) is 5.75 Å². The number of aromatic carboxylic acids is 1. The maximum atomic E-state index is 11.4. The van der Waals surface area contributed by atoms with Crippen molar-refractivity contribution in [2.75, 3.05) is 0 Å². The maximum Gasteiger partial charge on any atom is 0.372 e. The van der Waals surface area contributed by atoms with E-state index >= 15 is 0 Å². The zero-order valence-electron chi connectivity index (χ0n) is 14.9. The Labute approximate surface area is 160 Å². The number of phenolic OH excluding ortho intramolecular Hbond substituents is 1. The summed E-state index contributed by atoms with van der Waals surface area (Å²) in [7, 11) is 0. The number of fused-ring (bicyclic) bond motifs is 5. The van der Waals surface area contributed by atoms with Crippen LogP contribution in [0.1, 0.15) is 45.7 Å². The van der Waals surface area contributed by atoms with Crippen molar-refractivity contribution in [1.82, 2.24) is 0 Å². The molecule has 140 valence electrons. The molecule has 5 heteroatoms. The van der Waals surface area contributed by atoms with Crippen LogP contribution in [0.5, 0.6) is 5.75 Å². The number of hydrogen-bond acceptors (Lipinski definition) is 4. The third-order valence-corrected chi connectivity index (χ3v) is 5.84. The summed E-state index contributed by atoms with van der Waals surface area (Å²) in [5, 5.41) is 34.8. The van der Waals surface area contributed by atoms with Crippen LogP contribution in [-0.2, 0) is 6.42 Å². The first-order valence-electron chi connectivity index (χ1n) is 9.21. The van der Waals surface area contributed by atoms with Crippen LogP contribution >= 0.6 is 0 Å². The minimum absolute atomic E-state index is 0.123. The topological polar surface area (TPSA) is 90.9 Å². The van der Waals surface area contributed by atoms with E-state index in [4.69, 9.17) is 4.42 Å². The Morgan fingerprint density at radius 1 is 1.04 bits per heavy atom. The first kappa shape index (κ1) is 16.8. The minimum atomic E-state index is -1.14. The Morgan fingerprint density at radius 2 is 1.86 bits per heavy atom. The first-order chi connectivity index (χ1) is 13.6. The van der Waals surface area contributed by atoms with Gasteiger partial charge in [-0.3, -0.25) is 0 Å². The third kappa shape index (κ3) is 2.33. The lowest BCUT2D eigenvalue weighted by Gasteiger charge is -2.31. The highest BCUT2D eigenvalue weighted by atomic mass is 16.4. The van der Waals surface area contributed by atoms with Crippen molar-refractivity contribution >= 4 is 27.5 Å². The lowest BCUT2D eigenvalue weighted by atomic mass is 9.76. The van der Waals surface area contributed by atoms with Gasteiger partial charge in [-0.1, -0.05) is 36.4 Å². The van der Waals surface area contributed by atoms with Gasteiger partial charge in [-0.05, 0) is 52.3 Å². The Balaban J connectivity index is 1.69. The molecule has 4 aromatic rings. The molecular weight excluding hydrogens is 356 g/mol. The fraction of sp³-hybridized carbons (Fsp3) is 0.174. The highest BCUT2D eigenvalue weighted by Gasteiger charge is 2.34. The monoisotopic (exact) mass is 374 g/mol. The van der Waals surface area contributed by atoms with Crippen LogP contribution in [0.4, 0.5) is 0 Å². The van der Waals surface area contributed by atoms with E-state index in [1.165, 1.54) is 6.26 Å². The highest BCUT2D eigenvalue weighted by molar-refractivity contribution is 6.11. The van der Waals surface area contributed by atoms with Gasteiger partial charge in [0, 0.05) is 16.9 Å². The second-order valence-corrected chi connectivity index (χ2v) is 7.27. The van der Waals surface area contributed by atoms with Crippen LogP contribution in [0.15, 0.2) is 59.2 Å². The van der Waals surface area contributed by atoms with E-state index in [1.807, 2.05) is 36.4 Å². The molecule has 1 aliphatic carbocycles. The van der Waals surface area contributed by atoms with Gasteiger partial charge in [-0.25, -0.2) is 4.79 Å². The summed E-state index contributed by atoms with van der Waals surface area (Å²) in [6.45, 7) is 0. The fourth-order valence-electron chi connectivity index (χ4n) is 4.60. The Kier molecular flexibility index (Phi) is 3.67. The molecule has 1 aromatic heterocycles. The molecule has 2 atom stereocenters. The molecule has 0 bridgehead atoms. The van der Waals surface area contributed by atoms with Gasteiger partial charge in [0.1, 0.15) is 5.75 Å². The summed E-state index contributed by atoms with van der Waals surface area (Å²) in [5.41, 5.74) is 2.16. The van der Waals surface area contributed by atoms with Gasteiger partial charge in [0.2, 0.25) is 5.76 Å². The lowest BCUT2D eigenvalue weighted by molar-refractivity contribution is 0.0655. The standard InChI is InChI=1S/C23H18O5/c24-19-11-12-3-1-2-4-13(12)14-5-7-16-15(20(14)19)6-8-17(21(16)25)18-9-10-28-22(18)23(26)27/h1-5,7,9-11,17,21,24-25H,6,8H2,(H,26,27). The van der Waals surface area contributed by atoms with Crippen molar-refractivity contribution in [1.29, 1.82) is 0 Å². The SMILES string of the molecule is O=C(O)c1occc1C1CCc2c(ccc3c2c(O)cc2ccccc23)C1O. The number of benzene rings is 3. The van der Waals surface area contributed by atoms with Gasteiger partial charge in [-0.15, -0.1) is 0 Å². The summed E-state index contributed by atoms with van der Waals surface area (Å²) >= 11 is 0. The van der Waals surface area contributed by atoms with Crippen LogP contribution in [0.25, 0.3) is 21.5 Å². The van der Waals surface area contributed by atoms with Gasteiger partial charge in [0.15, 0.2) is 0 Å². The molecule has 0 radical (unpaired) electrons. The van der Waals surface area contributed by atoms with Gasteiger partial charge < -0.3 is 19.7 Å². The zero-order valence-corrected chi connectivity index (χ0v) is 14.9. The quantitative estimate of drug-likeness (QED) is 0.440. The van der Waals surface area contributed by atoms with E-state index in [-0.39, 0.29) is 17.4 Å². The Morgan fingerprint density at radius 3 is 2.68 bits per heavy atom. The smallest absolute Gasteiger partial charge is 0.372 e. The van der Waals surface area contributed by atoms with E-state index in [0.29, 0.717) is 18.4 Å². The molecule has 3 aromatic carbocycles. The van der Waals surface area contributed by atoms with E-state index in [9.17, 15) is 20.1 Å². The lowest BCUT2D eigenvalue weighted by Crippen LogP contribution is -2.20. The second kappa shape index (κ2) is 6.11.